The minimum absolute atomic E-state index is 0.124. The van der Waals surface area contributed by atoms with Gasteiger partial charge in [0.2, 0.25) is 0 Å². The zero-order valence-corrected chi connectivity index (χ0v) is 15.7. The number of thiol groups is 1. The van der Waals surface area contributed by atoms with Crippen molar-refractivity contribution in [3.8, 4) is 0 Å². The minimum Gasteiger partial charge on any atom is -0.378 e. The van der Waals surface area contributed by atoms with E-state index in [0.717, 1.165) is 18.6 Å². The molecule has 1 amide bonds. The van der Waals surface area contributed by atoms with Crippen molar-refractivity contribution >= 4 is 58.6 Å². The molecule has 0 aliphatic carbocycles. The Morgan fingerprint density at radius 1 is 1.09 bits per heavy atom. The first kappa shape index (κ1) is 21.6. The third-order valence-corrected chi connectivity index (χ3v) is 5.70. The van der Waals surface area contributed by atoms with E-state index < -0.39 is 6.09 Å². The van der Waals surface area contributed by atoms with E-state index in [1.54, 1.807) is 0 Å². The number of nitrogens with zero attached hydrogens (tertiary/aromatic N) is 1. The molecule has 0 radical (unpaired) electrons. The zero-order chi connectivity index (χ0) is 16.6. The Morgan fingerprint density at radius 2 is 1.59 bits per heavy atom. The fraction of sp³-hybridized carbons (Fsp3) is 0.733. The van der Waals surface area contributed by atoms with Crippen LogP contribution in [-0.4, -0.2) is 35.3 Å². The maximum absolute atomic E-state index is 10.7. The van der Waals surface area contributed by atoms with Gasteiger partial charge in [0.25, 0.3) is 0 Å². The van der Waals surface area contributed by atoms with Gasteiger partial charge in [-0.15, -0.1) is 10.5 Å². The van der Waals surface area contributed by atoms with Crippen LogP contribution in [0.4, 0.5) is 4.79 Å². The summed E-state index contributed by atoms with van der Waals surface area (Å²) in [6.07, 6.45) is 10.4. The molecular formula is C15H28N2O2S3. The lowest BCUT2D eigenvalue weighted by molar-refractivity contribution is 0.209. The van der Waals surface area contributed by atoms with Crippen molar-refractivity contribution in [2.75, 3.05) is 12.3 Å². The van der Waals surface area contributed by atoms with Crippen molar-refractivity contribution in [2.45, 2.75) is 57.8 Å². The number of aliphatic imine (C=N–C) groups is 1. The van der Waals surface area contributed by atoms with Gasteiger partial charge in [0.05, 0.1) is 0 Å². The molecule has 0 saturated heterocycles. The van der Waals surface area contributed by atoms with Crippen LogP contribution in [0.3, 0.4) is 0 Å². The summed E-state index contributed by atoms with van der Waals surface area (Å²) in [6, 6.07) is 0. The fourth-order valence-electron chi connectivity index (χ4n) is 2.04. The third-order valence-electron chi connectivity index (χ3n) is 3.30. The molecule has 0 saturated carbocycles. The van der Waals surface area contributed by atoms with E-state index in [0.29, 0.717) is 10.9 Å². The standard InChI is InChI=1S/C15H28N2O2S3/c1-16-15(20)22(2)13-11-9-7-5-3-4-6-8-10-12-17-14(18)19-21/h21H,1-13H2,(H,17,18). The number of unbranched alkanes of at least 4 members (excludes halogenated alkanes) is 8. The monoisotopic (exact) mass is 364 g/mol. The minimum atomic E-state index is -0.474. The van der Waals surface area contributed by atoms with E-state index in [2.05, 4.69) is 40.0 Å². The molecule has 22 heavy (non-hydrogen) atoms. The number of nitrogens with one attached hydrogen (secondary N) is 1. The van der Waals surface area contributed by atoms with Gasteiger partial charge in [-0.1, -0.05) is 63.0 Å². The highest BCUT2D eigenvalue weighted by Crippen LogP contribution is 2.17. The molecule has 1 N–H and O–H groups in total. The fourth-order valence-corrected chi connectivity index (χ4v) is 3.26. The molecule has 0 aliphatic heterocycles. The molecule has 4 nitrogen and oxygen atoms in total. The predicted octanol–water partition coefficient (Wildman–Crippen LogP) is 4.75. The number of thiocarbonyl (C=S) groups is 1. The van der Waals surface area contributed by atoms with Gasteiger partial charge >= 0.3 is 6.09 Å². The topological polar surface area (TPSA) is 50.7 Å². The highest BCUT2D eigenvalue weighted by molar-refractivity contribution is 8.33. The van der Waals surface area contributed by atoms with Gasteiger partial charge < -0.3 is 9.50 Å². The van der Waals surface area contributed by atoms with Gasteiger partial charge in [-0.05, 0) is 25.3 Å². The first-order valence-corrected chi connectivity index (χ1v) is 10.1. The number of hydrogen-bond acceptors (Lipinski definition) is 4. The van der Waals surface area contributed by atoms with Crippen molar-refractivity contribution in [3.63, 3.8) is 0 Å². The number of amides is 1. The summed E-state index contributed by atoms with van der Waals surface area (Å²) in [7, 11) is -0.124. The Labute approximate surface area is 148 Å². The van der Waals surface area contributed by atoms with Crippen LogP contribution < -0.4 is 5.32 Å². The first-order chi connectivity index (χ1) is 10.6. The summed E-state index contributed by atoms with van der Waals surface area (Å²) in [6.45, 7) is 4.11. The Balaban J connectivity index is 3.21. The summed E-state index contributed by atoms with van der Waals surface area (Å²) < 4.78 is 4.87. The Hall–Kier alpha value is -0.400. The van der Waals surface area contributed by atoms with Crippen molar-refractivity contribution in [1.82, 2.24) is 5.32 Å². The summed E-state index contributed by atoms with van der Waals surface area (Å²) >= 11 is 8.48. The summed E-state index contributed by atoms with van der Waals surface area (Å²) in [5.41, 5.74) is 0. The number of hydrogen-bond donors (Lipinski definition) is 2. The molecule has 1 unspecified atom stereocenters. The van der Waals surface area contributed by atoms with E-state index in [1.165, 1.54) is 44.9 Å². The lowest BCUT2D eigenvalue weighted by atomic mass is 10.1. The van der Waals surface area contributed by atoms with Crippen LogP contribution >= 0.6 is 35.6 Å². The van der Waals surface area contributed by atoms with Crippen molar-refractivity contribution < 1.29 is 8.98 Å². The van der Waals surface area contributed by atoms with Gasteiger partial charge in [-0.25, -0.2) is 9.79 Å². The van der Waals surface area contributed by atoms with Gasteiger partial charge in [-0.3, -0.25) is 0 Å². The molecule has 0 rings (SSSR count). The van der Waals surface area contributed by atoms with Crippen LogP contribution in [-0.2, 0) is 4.18 Å². The molecule has 0 fully saturated rings. The van der Waals surface area contributed by atoms with E-state index in [1.807, 2.05) is 0 Å². The van der Waals surface area contributed by atoms with Gasteiger partial charge in [-0.2, -0.15) is 0 Å². The number of rotatable bonds is 12. The SMILES string of the molecule is C=NC(=S)S(=C)CCCCCCCCCCCNC(=O)OS. The van der Waals surface area contributed by atoms with Crippen LogP contribution in [0.25, 0.3) is 0 Å². The van der Waals surface area contributed by atoms with Gasteiger partial charge in [0.15, 0.2) is 4.32 Å². The highest BCUT2D eigenvalue weighted by atomic mass is 32.2. The second-order valence-electron chi connectivity index (χ2n) is 5.11. The molecule has 0 spiro atoms. The van der Waals surface area contributed by atoms with E-state index in [4.69, 9.17) is 12.2 Å². The molecule has 0 heterocycles. The lowest BCUT2D eigenvalue weighted by Crippen LogP contribution is -2.22. The van der Waals surface area contributed by atoms with E-state index >= 15 is 0 Å². The van der Waals surface area contributed by atoms with Crippen LogP contribution in [0.5, 0.6) is 0 Å². The van der Waals surface area contributed by atoms with Gasteiger partial charge in [0, 0.05) is 19.5 Å². The molecular weight excluding hydrogens is 336 g/mol. The van der Waals surface area contributed by atoms with E-state index in [-0.39, 0.29) is 10.5 Å². The molecule has 128 valence electrons. The molecule has 7 heteroatoms. The summed E-state index contributed by atoms with van der Waals surface area (Å²) in [5.74, 6) is 5.06. The quantitative estimate of drug-likeness (QED) is 0.173. The predicted molar refractivity (Wildman–Crippen MR) is 107 cm³/mol. The third kappa shape index (κ3) is 13.3. The molecule has 0 aromatic rings. The van der Waals surface area contributed by atoms with Crippen LogP contribution in [0.1, 0.15) is 57.8 Å². The molecule has 0 bridgehead atoms. The number of carbonyl (C=O) groups excluding carboxylic acids is 1. The Kier molecular flexibility index (Phi) is 15.2. The molecule has 0 aliphatic rings. The number of carbonyl (C=O) groups is 1. The van der Waals surface area contributed by atoms with Crippen LogP contribution in [0.2, 0.25) is 0 Å². The van der Waals surface area contributed by atoms with Crippen LogP contribution in [0.15, 0.2) is 4.99 Å². The van der Waals surface area contributed by atoms with Crippen molar-refractivity contribution in [2.24, 2.45) is 4.99 Å². The van der Waals surface area contributed by atoms with E-state index in [9.17, 15) is 4.79 Å². The van der Waals surface area contributed by atoms with Crippen LogP contribution in [0, 0.1) is 0 Å². The second kappa shape index (κ2) is 15.5. The maximum Gasteiger partial charge on any atom is 0.419 e. The average Bonchev–Trinajstić information content (AvgIpc) is 2.54. The molecule has 0 aromatic heterocycles. The normalized spacial score (nSPS) is 11.7. The zero-order valence-electron chi connectivity index (χ0n) is 13.2. The molecule has 0 aromatic carbocycles. The maximum atomic E-state index is 10.7. The molecule has 1 atom stereocenters. The Bertz CT molecular complexity index is 363. The summed E-state index contributed by atoms with van der Waals surface area (Å²) in [5, 5.41) is 2.62. The smallest absolute Gasteiger partial charge is 0.378 e. The summed E-state index contributed by atoms with van der Waals surface area (Å²) in [4.78, 5) is 14.5. The highest BCUT2D eigenvalue weighted by Gasteiger charge is 1.99. The average molecular weight is 365 g/mol. The van der Waals surface area contributed by atoms with Crippen molar-refractivity contribution in [3.05, 3.63) is 0 Å². The van der Waals surface area contributed by atoms with Crippen molar-refractivity contribution in [1.29, 1.82) is 0 Å². The largest absolute Gasteiger partial charge is 0.419 e. The first-order valence-electron chi connectivity index (χ1n) is 7.72. The van der Waals surface area contributed by atoms with Gasteiger partial charge in [0.1, 0.15) is 0 Å². The Morgan fingerprint density at radius 3 is 2.09 bits per heavy atom. The second-order valence-corrected chi connectivity index (χ2v) is 7.72. The lowest BCUT2D eigenvalue weighted by Gasteiger charge is -2.05.